The molecule has 13 heteroatoms. The number of hydrogen-bond donors (Lipinski definition) is 2. The number of nitrogens with zero attached hydrogens (tertiary/aromatic N) is 9. The summed E-state index contributed by atoms with van der Waals surface area (Å²) < 4.78 is 7.94. The van der Waals surface area contributed by atoms with Gasteiger partial charge in [-0.3, -0.25) is 14.9 Å². The van der Waals surface area contributed by atoms with E-state index >= 15 is 0 Å². The van der Waals surface area contributed by atoms with E-state index < -0.39 is 0 Å². The van der Waals surface area contributed by atoms with Gasteiger partial charge in [0, 0.05) is 82.8 Å². The molecule has 4 aromatic rings. The number of benzene rings is 1. The Morgan fingerprint density at radius 3 is 2.42 bits per heavy atom. The van der Waals surface area contributed by atoms with Crippen molar-refractivity contribution in [1.82, 2.24) is 34.7 Å². The zero-order valence-electron chi connectivity index (χ0n) is 29.3. The highest BCUT2D eigenvalue weighted by molar-refractivity contribution is 7.99. The number of piperidine rings is 1. The van der Waals surface area contributed by atoms with Crippen LogP contribution in [0.3, 0.4) is 0 Å². The molecule has 0 saturated carbocycles. The van der Waals surface area contributed by atoms with Crippen LogP contribution in [0.5, 0.6) is 5.88 Å². The van der Waals surface area contributed by atoms with Crippen molar-refractivity contribution in [3.05, 3.63) is 47.9 Å². The maximum atomic E-state index is 5.85. The molecular weight excluding hydrogens is 623 g/mol. The summed E-state index contributed by atoms with van der Waals surface area (Å²) in [7, 11) is 5.92. The molecule has 0 atom stereocenters. The second-order valence-corrected chi connectivity index (χ2v) is 13.8. The minimum Gasteiger partial charge on any atom is -0.479 e. The van der Waals surface area contributed by atoms with E-state index in [2.05, 4.69) is 73.5 Å². The topological polar surface area (TPSA) is 111 Å². The number of fused-ring (bicyclic) bond motifs is 1. The summed E-state index contributed by atoms with van der Waals surface area (Å²) in [5.74, 6) is 2.94. The Morgan fingerprint density at radius 2 is 1.73 bits per heavy atom. The monoisotopic (exact) mass is 671 g/mol. The second-order valence-electron chi connectivity index (χ2n) is 12.9. The number of likely N-dealkylation sites (N-methyl/N-ethyl adjacent to an activating group) is 1. The van der Waals surface area contributed by atoms with Crippen LogP contribution in [0, 0.1) is 0 Å². The van der Waals surface area contributed by atoms with Crippen molar-refractivity contribution >= 4 is 57.6 Å². The van der Waals surface area contributed by atoms with Gasteiger partial charge >= 0.3 is 0 Å². The fourth-order valence-corrected chi connectivity index (χ4v) is 7.06. The molecule has 3 aromatic heterocycles. The first-order chi connectivity index (χ1) is 23.3. The molecule has 0 radical (unpaired) electrons. The smallest absolute Gasteiger partial charge is 0.239 e. The largest absolute Gasteiger partial charge is 0.479 e. The Bertz CT molecular complexity index is 1700. The maximum Gasteiger partial charge on any atom is 0.239 e. The van der Waals surface area contributed by atoms with Gasteiger partial charge < -0.3 is 29.5 Å². The Kier molecular flexibility index (Phi) is 10.7. The number of hydrogen-bond acceptors (Lipinski definition) is 13. The molecule has 0 aliphatic carbocycles. The van der Waals surface area contributed by atoms with Crippen LogP contribution in [0.2, 0.25) is 0 Å². The summed E-state index contributed by atoms with van der Waals surface area (Å²) in [6.07, 6.45) is 10.5. The van der Waals surface area contributed by atoms with E-state index in [4.69, 9.17) is 19.7 Å². The van der Waals surface area contributed by atoms with E-state index in [1.54, 1.807) is 31.5 Å². The Morgan fingerprint density at radius 1 is 0.979 bits per heavy atom. The van der Waals surface area contributed by atoms with E-state index in [0.717, 1.165) is 104 Å². The molecule has 1 aromatic carbocycles. The van der Waals surface area contributed by atoms with Crippen LogP contribution >= 0.6 is 11.9 Å². The molecule has 2 saturated heterocycles. The molecule has 5 heterocycles. The van der Waals surface area contributed by atoms with Gasteiger partial charge in [-0.25, -0.2) is 4.98 Å². The average molecular weight is 672 g/mol. The quantitative estimate of drug-likeness (QED) is 0.184. The van der Waals surface area contributed by atoms with E-state index in [1.165, 1.54) is 5.56 Å². The van der Waals surface area contributed by atoms with Gasteiger partial charge in [0.1, 0.15) is 22.8 Å². The van der Waals surface area contributed by atoms with Crippen LogP contribution in [0.4, 0.5) is 34.6 Å². The summed E-state index contributed by atoms with van der Waals surface area (Å²) in [5.41, 5.74) is 6.42. The number of methoxy groups -OCH3 is 1. The summed E-state index contributed by atoms with van der Waals surface area (Å²) in [6, 6.07) is 6.81. The summed E-state index contributed by atoms with van der Waals surface area (Å²) in [4.78, 5) is 31.5. The number of aromatic nitrogens is 5. The van der Waals surface area contributed by atoms with Crippen LogP contribution in [0.15, 0.2) is 36.8 Å². The minimum absolute atomic E-state index is 0.200. The van der Waals surface area contributed by atoms with Gasteiger partial charge in [-0.05, 0) is 56.0 Å². The van der Waals surface area contributed by atoms with Crippen molar-refractivity contribution < 1.29 is 4.74 Å². The lowest BCUT2D eigenvalue weighted by atomic mass is 10.0. The zero-order valence-corrected chi connectivity index (χ0v) is 30.1. The molecule has 0 spiro atoms. The Labute approximate surface area is 288 Å². The van der Waals surface area contributed by atoms with Gasteiger partial charge in [-0.1, -0.05) is 32.7 Å². The summed E-state index contributed by atoms with van der Waals surface area (Å²) in [5, 5.41) is 7.05. The molecule has 12 nitrogen and oxygen atoms in total. The Hall–Kier alpha value is -3.94. The number of aryl methyl sites for hydroxylation is 1. The number of anilines is 6. The first kappa shape index (κ1) is 33.9. The fourth-order valence-electron chi connectivity index (χ4n) is 6.69. The lowest BCUT2D eigenvalue weighted by molar-refractivity contribution is 0.0981. The fraction of sp³-hybridized carbons (Fsp3) is 0.514. The number of pyridine rings is 1. The van der Waals surface area contributed by atoms with Gasteiger partial charge in [0.25, 0.3) is 0 Å². The number of rotatable bonds is 11. The second kappa shape index (κ2) is 15.1. The predicted molar refractivity (Wildman–Crippen MR) is 199 cm³/mol. The highest BCUT2D eigenvalue weighted by Gasteiger charge is 2.29. The van der Waals surface area contributed by atoms with Crippen molar-refractivity contribution in [3.8, 4) is 5.88 Å². The van der Waals surface area contributed by atoms with Crippen LogP contribution in [0.25, 0.3) is 11.0 Å². The van der Waals surface area contributed by atoms with Gasteiger partial charge in [0.05, 0.1) is 24.0 Å². The first-order valence-electron chi connectivity index (χ1n) is 17.0. The zero-order chi connectivity index (χ0) is 33.8. The third kappa shape index (κ3) is 7.23. The molecule has 2 aliphatic rings. The number of nitrogens with one attached hydrogen (secondary N) is 2. The van der Waals surface area contributed by atoms with Gasteiger partial charge in [-0.2, -0.15) is 9.97 Å². The van der Waals surface area contributed by atoms with Gasteiger partial charge in [-0.15, -0.1) is 0 Å². The molecule has 0 bridgehead atoms. The van der Waals surface area contributed by atoms with E-state index in [9.17, 15) is 0 Å². The average Bonchev–Trinajstić information content (AvgIpc) is 3.11. The van der Waals surface area contributed by atoms with Crippen molar-refractivity contribution in [2.45, 2.75) is 52.0 Å². The lowest BCUT2D eigenvalue weighted by Crippen LogP contribution is -2.52. The maximum absolute atomic E-state index is 5.85. The molecule has 0 amide bonds. The van der Waals surface area contributed by atoms with Crippen molar-refractivity contribution in [3.63, 3.8) is 0 Å². The highest BCUT2D eigenvalue weighted by Crippen LogP contribution is 2.38. The Balaban J connectivity index is 1.25. The van der Waals surface area contributed by atoms with E-state index in [-0.39, 0.29) is 5.92 Å². The van der Waals surface area contributed by atoms with Gasteiger partial charge in [0.15, 0.2) is 0 Å². The van der Waals surface area contributed by atoms with Crippen LogP contribution in [-0.2, 0) is 6.42 Å². The molecule has 2 N–H and O–H groups in total. The van der Waals surface area contributed by atoms with E-state index in [0.29, 0.717) is 17.9 Å². The number of ether oxygens (including phenoxy) is 1. The summed E-state index contributed by atoms with van der Waals surface area (Å²) >= 11 is 1.61. The molecule has 0 unspecified atom stereocenters. The lowest BCUT2D eigenvalue weighted by Gasteiger charge is -2.42. The number of piperazine rings is 1. The molecule has 2 aliphatic heterocycles. The standard InChI is InChI=1S/C35H49N11OS/c1-8-24-21-29(34(47-6)42-33(24)46-15-11-25(12-16-46)45-19-17-43(4)18-20-45)40-35-38-22-26(23(2)3)32(41-35)39-28-10-9-27-30(37-14-13-36-27)31(28)44(5)48-7/h9-10,13-14,21-23,25H,8,11-12,15-20H2,1-7H3,(H2,38,39,40,41). The minimum atomic E-state index is 0.200. The first-order valence-corrected chi connectivity index (χ1v) is 18.2. The van der Waals surface area contributed by atoms with Crippen LogP contribution in [0.1, 0.15) is 50.7 Å². The third-order valence-corrected chi connectivity index (χ3v) is 10.3. The SMILES string of the molecule is CCc1cc(Nc2ncc(C(C)C)c(Nc3ccc4nccnc4c3N(C)SC)n2)c(OC)nc1N1CCC(N2CCN(C)CC2)CC1. The highest BCUT2D eigenvalue weighted by atomic mass is 32.2. The molecule has 48 heavy (non-hydrogen) atoms. The van der Waals surface area contributed by atoms with Crippen molar-refractivity contribution in [2.75, 3.05) is 86.6 Å². The molecule has 256 valence electrons. The molecule has 6 rings (SSSR count). The van der Waals surface area contributed by atoms with Gasteiger partial charge in [0.2, 0.25) is 11.8 Å². The van der Waals surface area contributed by atoms with Crippen LogP contribution in [-0.4, -0.2) is 107 Å². The third-order valence-electron chi connectivity index (χ3n) is 9.58. The summed E-state index contributed by atoms with van der Waals surface area (Å²) in [6.45, 7) is 13.1. The molecule has 2 fully saturated rings. The normalized spacial score (nSPS) is 16.5. The predicted octanol–water partition coefficient (Wildman–Crippen LogP) is 5.93. The van der Waals surface area contributed by atoms with Crippen molar-refractivity contribution in [2.24, 2.45) is 0 Å². The van der Waals surface area contributed by atoms with E-state index in [1.807, 2.05) is 31.6 Å². The molecular formula is C35H49N11OS. The van der Waals surface area contributed by atoms with Crippen molar-refractivity contribution in [1.29, 1.82) is 0 Å². The van der Waals surface area contributed by atoms with Crippen LogP contribution < -0.4 is 24.6 Å².